The van der Waals surface area contributed by atoms with Gasteiger partial charge < -0.3 is 0 Å². The van der Waals surface area contributed by atoms with Crippen molar-refractivity contribution >= 4 is 44.0 Å². The number of thiazole rings is 1. The predicted octanol–water partition coefficient (Wildman–Crippen LogP) is 2.83. The number of nitrogens with one attached hydrogen (secondary N) is 2. The number of aromatic nitrogens is 1. The number of hydrogen-bond donors (Lipinski definition) is 2. The molecule has 1 fully saturated rings. The van der Waals surface area contributed by atoms with Crippen molar-refractivity contribution in [2.75, 3.05) is 12.4 Å². The van der Waals surface area contributed by atoms with Crippen molar-refractivity contribution in [3.63, 3.8) is 0 Å². The van der Waals surface area contributed by atoms with Gasteiger partial charge in [0.05, 0.1) is 21.2 Å². The molecule has 6 nitrogen and oxygen atoms in total. The van der Waals surface area contributed by atoms with Gasteiger partial charge in [-0.15, -0.1) is 11.3 Å². The predicted molar refractivity (Wildman–Crippen MR) is 89.7 cm³/mol. The highest BCUT2D eigenvalue weighted by molar-refractivity contribution is 7.89. The van der Waals surface area contributed by atoms with E-state index in [-0.39, 0.29) is 15.5 Å². The fourth-order valence-corrected chi connectivity index (χ4v) is 3.78. The molecule has 1 aliphatic carbocycles. The molecule has 3 rings (SSSR count). The molecule has 0 saturated heterocycles. The molecule has 0 aliphatic heterocycles. The Balaban J connectivity index is 1.84. The third-order valence-corrected chi connectivity index (χ3v) is 6.02. The van der Waals surface area contributed by atoms with Crippen molar-refractivity contribution in [2.24, 2.45) is 0 Å². The van der Waals surface area contributed by atoms with Gasteiger partial charge in [0.1, 0.15) is 0 Å². The highest BCUT2D eigenvalue weighted by Crippen LogP contribution is 2.40. The number of carbonyl (C=O) groups excluding carboxylic acids is 1. The van der Waals surface area contributed by atoms with E-state index >= 15 is 0 Å². The second-order valence-corrected chi connectivity index (χ2v) is 8.31. The van der Waals surface area contributed by atoms with Crippen LogP contribution in [0.2, 0.25) is 5.02 Å². The summed E-state index contributed by atoms with van der Waals surface area (Å²) in [5.41, 5.74) is 1.08. The Labute approximate surface area is 142 Å². The first kappa shape index (κ1) is 16.4. The van der Waals surface area contributed by atoms with Crippen LogP contribution in [0.5, 0.6) is 0 Å². The molecule has 0 unspecified atom stereocenters. The van der Waals surface area contributed by atoms with Gasteiger partial charge in [0.15, 0.2) is 5.13 Å². The molecule has 1 aliphatic rings. The Morgan fingerprint density at radius 2 is 2.13 bits per heavy atom. The Kier molecular flexibility index (Phi) is 4.41. The fourth-order valence-electron chi connectivity index (χ4n) is 2.04. The number of carbonyl (C=O) groups is 1. The van der Waals surface area contributed by atoms with Gasteiger partial charge in [-0.25, -0.2) is 18.1 Å². The molecule has 0 bridgehead atoms. The number of benzene rings is 1. The molecule has 1 aromatic carbocycles. The van der Waals surface area contributed by atoms with Crippen LogP contribution in [0.15, 0.2) is 28.5 Å². The van der Waals surface area contributed by atoms with Crippen LogP contribution in [0.25, 0.3) is 0 Å². The fraction of sp³-hybridized carbons (Fsp3) is 0.286. The summed E-state index contributed by atoms with van der Waals surface area (Å²) in [7, 11) is -2.34. The van der Waals surface area contributed by atoms with Crippen molar-refractivity contribution in [3.05, 3.63) is 39.9 Å². The molecule has 2 aromatic rings. The van der Waals surface area contributed by atoms with Gasteiger partial charge in [-0.3, -0.25) is 10.1 Å². The number of amides is 1. The zero-order chi connectivity index (χ0) is 16.6. The van der Waals surface area contributed by atoms with Crippen molar-refractivity contribution in [3.8, 4) is 0 Å². The van der Waals surface area contributed by atoms with Crippen molar-refractivity contribution in [1.29, 1.82) is 0 Å². The average molecular weight is 372 g/mol. The summed E-state index contributed by atoms with van der Waals surface area (Å²) in [5, 5.41) is 5.25. The lowest BCUT2D eigenvalue weighted by atomic mass is 10.2. The molecule has 1 saturated carbocycles. The van der Waals surface area contributed by atoms with Crippen LogP contribution < -0.4 is 10.0 Å². The van der Waals surface area contributed by atoms with Crippen LogP contribution in [-0.2, 0) is 10.0 Å². The summed E-state index contributed by atoms with van der Waals surface area (Å²) in [6, 6.07) is 3.98. The smallest absolute Gasteiger partial charge is 0.259 e. The van der Waals surface area contributed by atoms with Gasteiger partial charge in [0.2, 0.25) is 10.0 Å². The lowest BCUT2D eigenvalue weighted by Crippen LogP contribution is -2.20. The Bertz CT molecular complexity index is 860. The highest BCUT2D eigenvalue weighted by Gasteiger charge is 2.26. The van der Waals surface area contributed by atoms with Gasteiger partial charge in [-0.1, -0.05) is 11.6 Å². The summed E-state index contributed by atoms with van der Waals surface area (Å²) in [4.78, 5) is 16.7. The maximum Gasteiger partial charge on any atom is 0.259 e. The number of anilines is 1. The van der Waals surface area contributed by atoms with Crippen molar-refractivity contribution in [1.82, 2.24) is 9.71 Å². The van der Waals surface area contributed by atoms with Gasteiger partial charge in [-0.05, 0) is 38.1 Å². The second kappa shape index (κ2) is 6.20. The van der Waals surface area contributed by atoms with E-state index in [2.05, 4.69) is 15.0 Å². The molecule has 0 atom stereocenters. The molecule has 1 heterocycles. The minimum Gasteiger partial charge on any atom is -0.298 e. The third-order valence-electron chi connectivity index (χ3n) is 3.50. The van der Waals surface area contributed by atoms with Crippen LogP contribution >= 0.6 is 22.9 Å². The van der Waals surface area contributed by atoms with E-state index in [4.69, 9.17) is 11.6 Å². The van der Waals surface area contributed by atoms with E-state index in [0.29, 0.717) is 11.0 Å². The normalized spacial score (nSPS) is 14.7. The quantitative estimate of drug-likeness (QED) is 0.845. The maximum absolute atomic E-state index is 12.4. The van der Waals surface area contributed by atoms with E-state index < -0.39 is 15.9 Å². The Morgan fingerprint density at radius 3 is 2.78 bits per heavy atom. The van der Waals surface area contributed by atoms with Crippen LogP contribution in [0.4, 0.5) is 5.13 Å². The van der Waals surface area contributed by atoms with E-state index in [9.17, 15) is 13.2 Å². The van der Waals surface area contributed by atoms with E-state index in [1.54, 1.807) is 0 Å². The molecule has 9 heteroatoms. The van der Waals surface area contributed by atoms with Gasteiger partial charge in [0, 0.05) is 11.3 Å². The average Bonchev–Trinajstić information content (AvgIpc) is 3.27. The molecule has 1 amide bonds. The Hall–Kier alpha value is -1.48. The molecular formula is C14H14ClN3O3S2. The summed E-state index contributed by atoms with van der Waals surface area (Å²) < 4.78 is 25.9. The standard InChI is InChI=1S/C14H14ClN3O3S2/c1-16-23(20,21)9-4-5-11(15)10(6-9)13(19)18-14-17-12(7-22-14)8-2-3-8/h4-8,16H,2-3H2,1H3,(H,17,18,19). The Morgan fingerprint density at radius 1 is 1.39 bits per heavy atom. The topological polar surface area (TPSA) is 88.2 Å². The summed E-state index contributed by atoms with van der Waals surface area (Å²) in [5.74, 6) is 0.0180. The lowest BCUT2D eigenvalue weighted by molar-refractivity contribution is 0.102. The van der Waals surface area contributed by atoms with Gasteiger partial charge in [0.25, 0.3) is 5.91 Å². The number of sulfonamides is 1. The molecule has 0 spiro atoms. The van der Waals surface area contributed by atoms with E-state index in [0.717, 1.165) is 18.5 Å². The number of halogens is 1. The van der Waals surface area contributed by atoms with Gasteiger partial charge in [-0.2, -0.15) is 0 Å². The molecular weight excluding hydrogens is 358 g/mol. The maximum atomic E-state index is 12.4. The van der Waals surface area contributed by atoms with Crippen LogP contribution in [0.3, 0.4) is 0 Å². The molecule has 122 valence electrons. The second-order valence-electron chi connectivity index (χ2n) is 5.16. The van der Waals surface area contributed by atoms with Crippen molar-refractivity contribution in [2.45, 2.75) is 23.7 Å². The molecule has 0 radical (unpaired) electrons. The minimum absolute atomic E-state index is 0.0210. The van der Waals surface area contributed by atoms with E-state index in [1.807, 2.05) is 5.38 Å². The summed E-state index contributed by atoms with van der Waals surface area (Å²) in [6.07, 6.45) is 2.26. The zero-order valence-electron chi connectivity index (χ0n) is 12.2. The molecule has 1 aromatic heterocycles. The van der Waals surface area contributed by atoms with Crippen LogP contribution in [0.1, 0.15) is 34.8 Å². The van der Waals surface area contributed by atoms with E-state index in [1.165, 1.54) is 36.6 Å². The third kappa shape index (κ3) is 3.55. The zero-order valence-corrected chi connectivity index (χ0v) is 14.6. The monoisotopic (exact) mass is 371 g/mol. The summed E-state index contributed by atoms with van der Waals surface area (Å²) >= 11 is 7.37. The first-order valence-corrected chi connectivity index (χ1v) is 9.64. The number of rotatable bonds is 5. The molecule has 2 N–H and O–H groups in total. The number of hydrogen-bond acceptors (Lipinski definition) is 5. The summed E-state index contributed by atoms with van der Waals surface area (Å²) in [6.45, 7) is 0. The number of nitrogens with zero attached hydrogens (tertiary/aromatic N) is 1. The highest BCUT2D eigenvalue weighted by atomic mass is 35.5. The van der Waals surface area contributed by atoms with Crippen molar-refractivity contribution < 1.29 is 13.2 Å². The largest absolute Gasteiger partial charge is 0.298 e. The minimum atomic E-state index is -3.64. The van der Waals surface area contributed by atoms with Crippen LogP contribution in [0, 0.1) is 0 Å². The SMILES string of the molecule is CNS(=O)(=O)c1ccc(Cl)c(C(=O)Nc2nc(C3CC3)cs2)c1. The first-order valence-electron chi connectivity index (χ1n) is 6.90. The van der Waals surface area contributed by atoms with Gasteiger partial charge >= 0.3 is 0 Å². The first-order chi connectivity index (χ1) is 10.9. The lowest BCUT2D eigenvalue weighted by Gasteiger charge is -2.07. The molecule has 23 heavy (non-hydrogen) atoms. The van der Waals surface area contributed by atoms with Crippen LogP contribution in [-0.4, -0.2) is 26.4 Å².